The van der Waals surface area contributed by atoms with Crippen LogP contribution in [0, 0.1) is 0 Å². The predicted octanol–water partition coefficient (Wildman–Crippen LogP) is 1.12. The van der Waals surface area contributed by atoms with Crippen LogP contribution in [0.3, 0.4) is 0 Å². The molecule has 0 aliphatic carbocycles. The van der Waals surface area contributed by atoms with Crippen LogP contribution in [0.5, 0.6) is 0 Å². The van der Waals surface area contributed by atoms with E-state index >= 15 is 0 Å². The summed E-state index contributed by atoms with van der Waals surface area (Å²) in [5, 5.41) is 8.08. The van der Waals surface area contributed by atoms with Crippen molar-refractivity contribution in [2.45, 2.75) is 13.3 Å². The van der Waals surface area contributed by atoms with E-state index < -0.39 is 6.16 Å². The average molecular weight is 192 g/mol. The topological polar surface area (TPSA) is 65.0 Å². The Balaban J connectivity index is 2.87. The summed E-state index contributed by atoms with van der Waals surface area (Å²) in [6, 6.07) is 0. The maximum Gasteiger partial charge on any atom is 0.505 e. The Kier molecular flexibility index (Phi) is 8.70. The van der Waals surface area contributed by atoms with Gasteiger partial charge in [-0.2, -0.15) is 0 Å². The van der Waals surface area contributed by atoms with Crippen molar-refractivity contribution >= 4 is 6.16 Å². The van der Waals surface area contributed by atoms with Crippen LogP contribution >= 0.6 is 0 Å². The molecule has 0 aromatic carbocycles. The Morgan fingerprint density at radius 2 is 1.62 bits per heavy atom. The van der Waals surface area contributed by atoms with Gasteiger partial charge in [0.05, 0.1) is 19.8 Å². The molecule has 1 N–H and O–H groups in total. The molecule has 0 amide bonds. The van der Waals surface area contributed by atoms with Gasteiger partial charge in [-0.3, -0.25) is 0 Å². The number of rotatable bonds is 8. The molecule has 0 spiro atoms. The molecule has 0 aliphatic rings. The van der Waals surface area contributed by atoms with E-state index in [-0.39, 0.29) is 13.2 Å². The van der Waals surface area contributed by atoms with Crippen molar-refractivity contribution < 1.29 is 24.1 Å². The summed E-state index contributed by atoms with van der Waals surface area (Å²) in [6.07, 6.45) is -0.284. The van der Waals surface area contributed by atoms with E-state index in [0.717, 1.165) is 13.0 Å². The number of ether oxygens (including phenoxy) is 3. The van der Waals surface area contributed by atoms with E-state index in [1.807, 2.05) is 6.92 Å². The van der Waals surface area contributed by atoms with Gasteiger partial charge in [-0.15, -0.1) is 0 Å². The molecule has 0 saturated carbocycles. The summed E-state index contributed by atoms with van der Waals surface area (Å²) in [5.41, 5.74) is 0. The largest absolute Gasteiger partial charge is 0.505 e. The molecule has 0 bridgehead atoms. The Hall–Kier alpha value is -0.810. The number of hydrogen-bond donors (Lipinski definition) is 1. The van der Waals surface area contributed by atoms with Crippen LogP contribution in [0.4, 0.5) is 4.79 Å². The lowest BCUT2D eigenvalue weighted by atomic mass is 10.5. The number of carboxylic acid groups (broad SMARTS) is 1. The lowest BCUT2D eigenvalue weighted by molar-refractivity contribution is 0.0190. The van der Waals surface area contributed by atoms with Gasteiger partial charge in [-0.1, -0.05) is 6.92 Å². The van der Waals surface area contributed by atoms with Gasteiger partial charge in [-0.25, -0.2) is 4.79 Å². The first-order valence-electron chi connectivity index (χ1n) is 4.28. The summed E-state index contributed by atoms with van der Waals surface area (Å²) in [6.45, 7) is 4.13. The van der Waals surface area contributed by atoms with Crippen LogP contribution in [0.1, 0.15) is 13.3 Å². The predicted molar refractivity (Wildman–Crippen MR) is 45.9 cm³/mol. The van der Waals surface area contributed by atoms with Crippen LogP contribution in [0.15, 0.2) is 0 Å². The van der Waals surface area contributed by atoms with Gasteiger partial charge in [0.1, 0.15) is 6.61 Å². The third-order valence-electron chi connectivity index (χ3n) is 1.17. The van der Waals surface area contributed by atoms with Crippen LogP contribution in [0.2, 0.25) is 0 Å². The van der Waals surface area contributed by atoms with E-state index in [9.17, 15) is 4.79 Å². The Bertz CT molecular complexity index is 126. The van der Waals surface area contributed by atoms with Crippen LogP contribution < -0.4 is 0 Å². The standard InChI is InChI=1S/C8H16O5/c1-2-3-11-4-5-12-6-7-13-8(9)10/h2-7H2,1H3,(H,9,10). The SMILES string of the molecule is CCCOCCOCCOC(=O)O. The lowest BCUT2D eigenvalue weighted by Gasteiger charge is -2.04. The third kappa shape index (κ3) is 11.2. The summed E-state index contributed by atoms with van der Waals surface area (Å²) in [7, 11) is 0. The fourth-order valence-electron chi connectivity index (χ4n) is 0.654. The zero-order valence-corrected chi connectivity index (χ0v) is 7.82. The van der Waals surface area contributed by atoms with Crippen molar-refractivity contribution in [2.75, 3.05) is 33.0 Å². The minimum atomic E-state index is -1.27. The van der Waals surface area contributed by atoms with Crippen LogP contribution in [-0.2, 0) is 14.2 Å². The highest BCUT2D eigenvalue weighted by molar-refractivity contribution is 5.56. The zero-order chi connectivity index (χ0) is 9.94. The fraction of sp³-hybridized carbons (Fsp3) is 0.875. The molecule has 0 saturated heterocycles. The van der Waals surface area contributed by atoms with Gasteiger partial charge in [0.15, 0.2) is 0 Å². The molecule has 0 unspecified atom stereocenters. The van der Waals surface area contributed by atoms with Gasteiger partial charge in [0.2, 0.25) is 0 Å². The molecule has 13 heavy (non-hydrogen) atoms. The zero-order valence-electron chi connectivity index (χ0n) is 7.82. The van der Waals surface area contributed by atoms with Crippen molar-refractivity contribution in [3.05, 3.63) is 0 Å². The number of carbonyl (C=O) groups is 1. The molecule has 0 aliphatic heterocycles. The first-order valence-corrected chi connectivity index (χ1v) is 4.28. The van der Waals surface area contributed by atoms with E-state index in [1.54, 1.807) is 0 Å². The summed E-state index contributed by atoms with van der Waals surface area (Å²) >= 11 is 0. The molecule has 78 valence electrons. The van der Waals surface area contributed by atoms with Crippen molar-refractivity contribution in [2.24, 2.45) is 0 Å². The van der Waals surface area contributed by atoms with E-state index in [1.165, 1.54) is 0 Å². The average Bonchev–Trinajstić information content (AvgIpc) is 2.09. The molecule has 0 atom stereocenters. The Labute approximate surface area is 77.6 Å². The van der Waals surface area contributed by atoms with E-state index in [2.05, 4.69) is 4.74 Å². The second-order valence-electron chi connectivity index (χ2n) is 2.34. The summed E-state index contributed by atoms with van der Waals surface area (Å²) in [4.78, 5) is 9.87. The molecular weight excluding hydrogens is 176 g/mol. The summed E-state index contributed by atoms with van der Waals surface area (Å²) in [5.74, 6) is 0. The van der Waals surface area contributed by atoms with E-state index in [4.69, 9.17) is 14.6 Å². The second-order valence-corrected chi connectivity index (χ2v) is 2.34. The van der Waals surface area contributed by atoms with Crippen LogP contribution in [-0.4, -0.2) is 44.3 Å². The molecule has 0 radical (unpaired) electrons. The highest BCUT2D eigenvalue weighted by atomic mass is 16.7. The molecule has 0 heterocycles. The molecule has 5 heteroatoms. The molecule has 5 nitrogen and oxygen atoms in total. The fourth-order valence-corrected chi connectivity index (χ4v) is 0.654. The van der Waals surface area contributed by atoms with Crippen molar-refractivity contribution in [3.63, 3.8) is 0 Å². The Morgan fingerprint density at radius 3 is 2.15 bits per heavy atom. The maximum atomic E-state index is 9.87. The highest BCUT2D eigenvalue weighted by Gasteiger charge is 1.94. The molecule has 0 fully saturated rings. The first kappa shape index (κ1) is 12.2. The van der Waals surface area contributed by atoms with E-state index in [0.29, 0.717) is 13.2 Å². The monoisotopic (exact) mass is 192 g/mol. The van der Waals surface area contributed by atoms with Gasteiger partial charge in [-0.05, 0) is 6.42 Å². The normalized spacial score (nSPS) is 9.92. The minimum absolute atomic E-state index is 0.0725. The minimum Gasteiger partial charge on any atom is -0.450 e. The van der Waals surface area contributed by atoms with Gasteiger partial charge < -0.3 is 19.3 Å². The van der Waals surface area contributed by atoms with Gasteiger partial charge in [0, 0.05) is 6.61 Å². The third-order valence-corrected chi connectivity index (χ3v) is 1.17. The van der Waals surface area contributed by atoms with Gasteiger partial charge >= 0.3 is 6.16 Å². The highest BCUT2D eigenvalue weighted by Crippen LogP contribution is 1.83. The summed E-state index contributed by atoms with van der Waals surface area (Å²) < 4.78 is 14.4. The molecular formula is C8H16O5. The maximum absolute atomic E-state index is 9.87. The van der Waals surface area contributed by atoms with Crippen molar-refractivity contribution in [1.82, 2.24) is 0 Å². The van der Waals surface area contributed by atoms with Gasteiger partial charge in [0.25, 0.3) is 0 Å². The van der Waals surface area contributed by atoms with Crippen molar-refractivity contribution in [3.8, 4) is 0 Å². The molecule has 0 rings (SSSR count). The number of hydrogen-bond acceptors (Lipinski definition) is 4. The lowest BCUT2D eigenvalue weighted by Crippen LogP contribution is -2.11. The second kappa shape index (κ2) is 9.28. The Morgan fingerprint density at radius 1 is 1.08 bits per heavy atom. The molecule has 0 aromatic rings. The molecule has 0 aromatic heterocycles. The smallest absolute Gasteiger partial charge is 0.450 e. The van der Waals surface area contributed by atoms with Crippen LogP contribution in [0.25, 0.3) is 0 Å². The quantitative estimate of drug-likeness (QED) is 0.461. The van der Waals surface area contributed by atoms with Crippen molar-refractivity contribution in [1.29, 1.82) is 0 Å². The first-order chi connectivity index (χ1) is 6.27.